The van der Waals surface area contributed by atoms with Gasteiger partial charge in [0.2, 0.25) is 0 Å². The molecule has 3 aromatic rings. The summed E-state index contributed by atoms with van der Waals surface area (Å²) in [5.41, 5.74) is 1.47. The molecule has 0 radical (unpaired) electrons. The van der Waals surface area contributed by atoms with Gasteiger partial charge in [-0.05, 0) is 47.9 Å². The summed E-state index contributed by atoms with van der Waals surface area (Å²) in [5.74, 6) is 1.76. The molecule has 1 N–H and O–H groups in total. The fraction of sp³-hybridized carbons (Fsp3) is 0.273. The molecule has 3 rings (SSSR count). The maximum Gasteiger partial charge on any atom is 0.252 e. The van der Waals surface area contributed by atoms with Crippen LogP contribution in [0.25, 0.3) is 0 Å². The number of hydrogen-bond donors (Lipinski definition) is 1. The van der Waals surface area contributed by atoms with Crippen molar-refractivity contribution in [2.75, 3.05) is 6.61 Å². The van der Waals surface area contributed by atoms with Gasteiger partial charge in [-0.3, -0.25) is 4.79 Å². The van der Waals surface area contributed by atoms with Crippen LogP contribution in [-0.4, -0.2) is 22.1 Å². The van der Waals surface area contributed by atoms with E-state index in [-0.39, 0.29) is 11.9 Å². The number of imidazole rings is 1. The summed E-state index contributed by atoms with van der Waals surface area (Å²) < 4.78 is 7.57. The summed E-state index contributed by atoms with van der Waals surface area (Å²) in [5, 5.41) is 3.72. The van der Waals surface area contributed by atoms with Crippen molar-refractivity contribution in [3.05, 3.63) is 82.9 Å². The molecule has 1 atom stereocenters. The van der Waals surface area contributed by atoms with E-state index in [1.165, 1.54) is 0 Å². The van der Waals surface area contributed by atoms with Crippen molar-refractivity contribution >= 4 is 17.5 Å². The van der Waals surface area contributed by atoms with Crippen LogP contribution in [0.5, 0.6) is 5.75 Å². The van der Waals surface area contributed by atoms with Gasteiger partial charge in [0.25, 0.3) is 5.91 Å². The SMILES string of the molecule is CC(C)COc1ccc(C(=O)NC(c2ccc(Cl)cc2)c2nccn2C)cc1. The lowest BCUT2D eigenvalue weighted by Crippen LogP contribution is -2.31. The number of aryl methyl sites for hydroxylation is 1. The zero-order valence-electron chi connectivity index (χ0n) is 16.2. The molecule has 0 saturated carbocycles. The minimum absolute atomic E-state index is 0.182. The van der Waals surface area contributed by atoms with Crippen molar-refractivity contribution in [2.24, 2.45) is 13.0 Å². The number of aromatic nitrogens is 2. The topological polar surface area (TPSA) is 56.1 Å². The Balaban J connectivity index is 1.79. The highest BCUT2D eigenvalue weighted by Crippen LogP contribution is 2.23. The zero-order valence-corrected chi connectivity index (χ0v) is 17.0. The van der Waals surface area contributed by atoms with Gasteiger partial charge in [-0.2, -0.15) is 0 Å². The molecular formula is C22H24ClN3O2. The van der Waals surface area contributed by atoms with Crippen LogP contribution in [0.15, 0.2) is 60.9 Å². The Morgan fingerprint density at radius 1 is 1.14 bits per heavy atom. The Labute approximate surface area is 170 Å². The first-order valence-electron chi connectivity index (χ1n) is 9.20. The summed E-state index contributed by atoms with van der Waals surface area (Å²) in [6, 6.07) is 14.2. The molecule has 0 aliphatic carbocycles. The molecule has 1 unspecified atom stereocenters. The predicted molar refractivity (Wildman–Crippen MR) is 111 cm³/mol. The molecule has 1 amide bonds. The molecule has 1 heterocycles. The van der Waals surface area contributed by atoms with Gasteiger partial charge in [0.1, 0.15) is 17.6 Å². The van der Waals surface area contributed by atoms with E-state index >= 15 is 0 Å². The van der Waals surface area contributed by atoms with Gasteiger partial charge >= 0.3 is 0 Å². The van der Waals surface area contributed by atoms with Crippen molar-refractivity contribution in [1.29, 1.82) is 0 Å². The normalized spacial score (nSPS) is 12.0. The Morgan fingerprint density at radius 2 is 1.82 bits per heavy atom. The number of nitrogens with zero attached hydrogens (tertiary/aromatic N) is 2. The molecule has 0 aliphatic heterocycles. The van der Waals surface area contributed by atoms with E-state index in [1.807, 2.05) is 42.1 Å². The highest BCUT2D eigenvalue weighted by Gasteiger charge is 2.21. The zero-order chi connectivity index (χ0) is 20.1. The number of nitrogens with one attached hydrogen (secondary N) is 1. The Hall–Kier alpha value is -2.79. The van der Waals surface area contributed by atoms with Crippen LogP contribution >= 0.6 is 11.6 Å². The summed E-state index contributed by atoms with van der Waals surface area (Å²) in [4.78, 5) is 17.3. The van der Waals surface area contributed by atoms with Crippen LogP contribution in [0.2, 0.25) is 5.02 Å². The Bertz CT molecular complexity index is 918. The quantitative estimate of drug-likeness (QED) is 0.632. The molecular weight excluding hydrogens is 374 g/mol. The number of hydrogen-bond acceptors (Lipinski definition) is 3. The summed E-state index contributed by atoms with van der Waals surface area (Å²) in [6.07, 6.45) is 3.57. The standard InChI is InChI=1S/C22H24ClN3O2/c1-15(2)14-28-19-10-6-17(7-11-19)22(27)25-20(21-24-12-13-26(21)3)16-4-8-18(23)9-5-16/h4-13,15,20H,14H2,1-3H3,(H,25,27). The lowest BCUT2D eigenvalue weighted by Gasteiger charge is -2.19. The first-order chi connectivity index (χ1) is 13.4. The van der Waals surface area contributed by atoms with Crippen molar-refractivity contribution in [1.82, 2.24) is 14.9 Å². The summed E-state index contributed by atoms with van der Waals surface area (Å²) >= 11 is 6.01. The highest BCUT2D eigenvalue weighted by atomic mass is 35.5. The average molecular weight is 398 g/mol. The summed E-state index contributed by atoms with van der Waals surface area (Å²) in [6.45, 7) is 4.83. The van der Waals surface area contributed by atoms with Crippen LogP contribution in [0.3, 0.4) is 0 Å². The fourth-order valence-corrected chi connectivity index (χ4v) is 2.91. The molecule has 0 bridgehead atoms. The van der Waals surface area contributed by atoms with E-state index in [0.717, 1.165) is 17.1 Å². The number of amides is 1. The molecule has 6 heteroatoms. The molecule has 0 spiro atoms. The second-order valence-electron chi connectivity index (χ2n) is 7.08. The van der Waals surface area contributed by atoms with Crippen molar-refractivity contribution in [3.8, 4) is 5.75 Å². The Morgan fingerprint density at radius 3 is 2.39 bits per heavy atom. The smallest absolute Gasteiger partial charge is 0.252 e. The van der Waals surface area contributed by atoms with E-state index < -0.39 is 0 Å². The van der Waals surface area contributed by atoms with E-state index in [4.69, 9.17) is 16.3 Å². The maximum absolute atomic E-state index is 12.9. The second kappa shape index (κ2) is 8.93. The third-order valence-corrected chi connectivity index (χ3v) is 4.55. The lowest BCUT2D eigenvalue weighted by atomic mass is 10.1. The molecule has 5 nitrogen and oxygen atoms in total. The number of rotatable bonds is 7. The first-order valence-corrected chi connectivity index (χ1v) is 9.58. The van der Waals surface area contributed by atoms with Gasteiger partial charge in [-0.25, -0.2) is 4.98 Å². The highest BCUT2D eigenvalue weighted by molar-refractivity contribution is 6.30. The maximum atomic E-state index is 12.9. The number of carbonyl (C=O) groups excluding carboxylic acids is 1. The molecule has 28 heavy (non-hydrogen) atoms. The average Bonchev–Trinajstić information content (AvgIpc) is 3.11. The molecule has 2 aromatic carbocycles. The van der Waals surface area contributed by atoms with Gasteiger partial charge in [0, 0.05) is 30.0 Å². The second-order valence-corrected chi connectivity index (χ2v) is 7.52. The third kappa shape index (κ3) is 4.93. The lowest BCUT2D eigenvalue weighted by molar-refractivity contribution is 0.0941. The van der Waals surface area contributed by atoms with Crippen molar-refractivity contribution in [2.45, 2.75) is 19.9 Å². The Kier molecular flexibility index (Phi) is 6.37. The largest absolute Gasteiger partial charge is 0.493 e. The molecule has 0 saturated heterocycles. The summed E-state index contributed by atoms with van der Waals surface area (Å²) in [7, 11) is 1.90. The van der Waals surface area contributed by atoms with E-state index in [9.17, 15) is 4.79 Å². The van der Waals surface area contributed by atoms with Crippen LogP contribution in [0.1, 0.15) is 41.6 Å². The molecule has 0 aliphatic rings. The first kappa shape index (κ1) is 20.0. The number of benzene rings is 2. The number of halogens is 1. The van der Waals surface area contributed by atoms with Crippen LogP contribution in [0, 0.1) is 5.92 Å². The van der Waals surface area contributed by atoms with Gasteiger partial charge in [0.05, 0.1) is 6.61 Å². The van der Waals surface area contributed by atoms with Crippen molar-refractivity contribution < 1.29 is 9.53 Å². The number of ether oxygens (including phenoxy) is 1. The number of carbonyl (C=O) groups is 1. The predicted octanol–water partition coefficient (Wildman–Crippen LogP) is 4.63. The molecule has 0 fully saturated rings. The minimum atomic E-state index is -0.387. The van der Waals surface area contributed by atoms with E-state index in [2.05, 4.69) is 24.1 Å². The van der Waals surface area contributed by atoms with E-state index in [0.29, 0.717) is 23.1 Å². The van der Waals surface area contributed by atoms with Crippen molar-refractivity contribution in [3.63, 3.8) is 0 Å². The van der Waals surface area contributed by atoms with Gasteiger partial charge in [-0.1, -0.05) is 37.6 Å². The van der Waals surface area contributed by atoms with Gasteiger partial charge < -0.3 is 14.6 Å². The van der Waals surface area contributed by atoms with E-state index in [1.54, 1.807) is 30.5 Å². The van der Waals surface area contributed by atoms with Gasteiger partial charge in [-0.15, -0.1) is 0 Å². The minimum Gasteiger partial charge on any atom is -0.493 e. The van der Waals surface area contributed by atoms with Crippen LogP contribution in [-0.2, 0) is 7.05 Å². The molecule has 1 aromatic heterocycles. The van der Waals surface area contributed by atoms with Gasteiger partial charge in [0.15, 0.2) is 0 Å². The van der Waals surface area contributed by atoms with Crippen LogP contribution < -0.4 is 10.1 Å². The fourth-order valence-electron chi connectivity index (χ4n) is 2.79. The third-order valence-electron chi connectivity index (χ3n) is 4.30. The molecule has 146 valence electrons. The van der Waals surface area contributed by atoms with Crippen LogP contribution in [0.4, 0.5) is 0 Å². The monoisotopic (exact) mass is 397 g/mol.